The van der Waals surface area contributed by atoms with Gasteiger partial charge in [-0.15, -0.1) is 0 Å². The van der Waals surface area contributed by atoms with Crippen molar-refractivity contribution in [3.05, 3.63) is 127 Å². The van der Waals surface area contributed by atoms with E-state index in [1.807, 2.05) is 55.5 Å². The average molecular weight is 1090 g/mol. The van der Waals surface area contributed by atoms with Gasteiger partial charge in [-0.3, -0.25) is 9.80 Å². The molecule has 0 unspecified atom stereocenters. The van der Waals surface area contributed by atoms with E-state index in [9.17, 15) is 14.7 Å². The Kier molecular flexibility index (Phi) is 14.2. The Balaban J connectivity index is 0.000000156. The molecule has 2 aliphatic carbocycles. The number of esters is 1. The molecule has 0 atom stereocenters. The summed E-state index contributed by atoms with van der Waals surface area (Å²) in [7, 11) is 0. The van der Waals surface area contributed by atoms with Crippen LogP contribution in [0.3, 0.4) is 0 Å². The third-order valence-corrected chi connectivity index (χ3v) is 16.9. The molecule has 0 radical (unpaired) electrons. The number of aromatic nitrogens is 4. The molecule has 14 nitrogen and oxygen atoms in total. The number of carbonyl (C=O) groups excluding carboxylic acids is 1. The highest BCUT2D eigenvalue weighted by Crippen LogP contribution is 2.48. The summed E-state index contributed by atoms with van der Waals surface area (Å²) in [5.74, 6) is 1.56. The third-order valence-electron chi connectivity index (χ3n) is 13.5. The van der Waals surface area contributed by atoms with Gasteiger partial charge in [0.1, 0.15) is 22.9 Å². The second-order valence-electron chi connectivity index (χ2n) is 18.4. The van der Waals surface area contributed by atoms with Gasteiger partial charge in [0.25, 0.3) is 0 Å². The molecule has 2 saturated carbocycles. The van der Waals surface area contributed by atoms with Crippen LogP contribution in [0.1, 0.15) is 87.8 Å². The first-order valence-corrected chi connectivity index (χ1v) is 27.2. The van der Waals surface area contributed by atoms with Crippen molar-refractivity contribution < 1.29 is 28.5 Å². The van der Waals surface area contributed by atoms with Crippen LogP contribution in [0.5, 0.6) is 0 Å². The lowest BCUT2D eigenvalue weighted by Crippen LogP contribution is -2.46. The van der Waals surface area contributed by atoms with E-state index in [1.165, 1.54) is 11.3 Å². The Morgan fingerprint density at radius 3 is 1.44 bits per heavy atom. The van der Waals surface area contributed by atoms with Crippen molar-refractivity contribution >= 4 is 112 Å². The van der Waals surface area contributed by atoms with Gasteiger partial charge in [0.2, 0.25) is 0 Å². The Morgan fingerprint density at radius 2 is 1.04 bits per heavy atom. The van der Waals surface area contributed by atoms with Crippen molar-refractivity contribution in [1.29, 1.82) is 0 Å². The lowest BCUT2D eigenvalue weighted by atomic mass is 10.0. The number of carbonyl (C=O) groups is 2. The average Bonchev–Trinajstić information content (AvgIpc) is 4.23. The Morgan fingerprint density at radius 1 is 0.625 bits per heavy atom. The van der Waals surface area contributed by atoms with Crippen LogP contribution in [0.2, 0.25) is 20.1 Å². The number of halogens is 4. The van der Waals surface area contributed by atoms with Crippen LogP contribution < -0.4 is 9.80 Å². The lowest BCUT2D eigenvalue weighted by molar-refractivity contribution is 0.0526. The second kappa shape index (κ2) is 20.9. The molecule has 4 fully saturated rings. The van der Waals surface area contributed by atoms with Gasteiger partial charge in [0, 0.05) is 99.5 Å². The molecule has 8 aromatic rings. The molecule has 0 spiro atoms. The number of hydrogen-bond acceptors (Lipinski definition) is 15. The molecular weight excluding hydrogens is 1040 g/mol. The molecule has 4 aromatic carbocycles. The number of piperazine rings is 2. The zero-order chi connectivity index (χ0) is 49.6. The number of carboxylic acids is 1. The summed E-state index contributed by atoms with van der Waals surface area (Å²) in [4.78, 5) is 42.4. The van der Waals surface area contributed by atoms with Crippen LogP contribution in [0.4, 0.5) is 10.3 Å². The molecule has 6 heterocycles. The van der Waals surface area contributed by atoms with Crippen LogP contribution in [0, 0.1) is 0 Å². The molecule has 2 saturated heterocycles. The van der Waals surface area contributed by atoms with E-state index >= 15 is 0 Å². The van der Waals surface area contributed by atoms with Gasteiger partial charge in [-0.2, -0.15) is 0 Å². The van der Waals surface area contributed by atoms with Crippen LogP contribution >= 0.6 is 69.1 Å². The van der Waals surface area contributed by atoms with Crippen LogP contribution in [0.15, 0.2) is 81.8 Å². The largest absolute Gasteiger partial charge is 0.478 e. The van der Waals surface area contributed by atoms with E-state index in [2.05, 4.69) is 29.9 Å². The molecule has 12 rings (SSSR count). The number of rotatable bonds is 13. The normalized spacial score (nSPS) is 16.6. The lowest BCUT2D eigenvalue weighted by Gasteiger charge is -2.34. The van der Waals surface area contributed by atoms with Gasteiger partial charge in [0.05, 0.1) is 58.3 Å². The second-order valence-corrected chi connectivity index (χ2v) is 22.0. The van der Waals surface area contributed by atoms with Crippen molar-refractivity contribution in [2.45, 2.75) is 57.5 Å². The maximum absolute atomic E-state index is 12.1. The molecule has 0 amide bonds. The van der Waals surface area contributed by atoms with E-state index in [0.29, 0.717) is 44.1 Å². The smallest absolute Gasteiger partial charge is 0.338 e. The highest BCUT2D eigenvalue weighted by molar-refractivity contribution is 7.22. The number of benzene rings is 4. The molecule has 4 aromatic heterocycles. The summed E-state index contributed by atoms with van der Waals surface area (Å²) in [6.45, 7) is 10.5. The van der Waals surface area contributed by atoms with Crippen LogP contribution in [0.25, 0.3) is 42.9 Å². The predicted molar refractivity (Wildman–Crippen MR) is 285 cm³/mol. The van der Waals surface area contributed by atoms with E-state index in [-0.39, 0.29) is 11.5 Å². The van der Waals surface area contributed by atoms with Crippen molar-refractivity contribution in [1.82, 2.24) is 30.1 Å². The fraction of sp³-hybridized carbons (Fsp3) is 0.346. The standard InChI is InChI=1S/C27H26Cl2N4O3S.C25H22Cl2N4O3S/c1-2-35-26(34)17-8-9-21-22(14-17)37-27(30-21)33-12-10-32(11-13-33)15-18-24(31-36-25(18)16-6-7-16)23-19(28)4-3-5-20(23)29;26-17-2-1-3-18(27)21(17)22-16(23(34-29-22)14-4-5-14)13-30-8-10-31(11-9-30)25-28-19-7-6-15(24(32)33)12-20(19)35-25/h3-5,8-9,14,16H,2,6-7,10-13,15H2,1H3;1-3,6-7,12,14H,4-5,8-11,13H2,(H,32,33). The summed E-state index contributed by atoms with van der Waals surface area (Å²) < 4.78 is 18.7. The third kappa shape index (κ3) is 10.3. The maximum Gasteiger partial charge on any atom is 0.338 e. The Bertz CT molecular complexity index is 3280. The van der Waals surface area contributed by atoms with Gasteiger partial charge < -0.3 is 28.7 Å². The Labute approximate surface area is 442 Å². The number of carboxylic acid groups (broad SMARTS) is 1. The molecule has 0 bridgehead atoms. The fourth-order valence-corrected chi connectivity index (χ4v) is 12.6. The van der Waals surface area contributed by atoms with Crippen molar-refractivity contribution in [3.63, 3.8) is 0 Å². The van der Waals surface area contributed by atoms with Gasteiger partial charge in [-0.1, -0.05) is 91.5 Å². The molecule has 1 N–H and O–H groups in total. The number of nitrogens with zero attached hydrogens (tertiary/aromatic N) is 8. The van der Waals surface area contributed by atoms with Crippen molar-refractivity contribution in [3.8, 4) is 22.5 Å². The molecule has 2 aliphatic heterocycles. The van der Waals surface area contributed by atoms with E-state index in [1.54, 1.807) is 35.6 Å². The van der Waals surface area contributed by atoms with Gasteiger partial charge in [0.15, 0.2) is 10.3 Å². The molecule has 20 heteroatoms. The zero-order valence-electron chi connectivity index (χ0n) is 39.1. The first-order chi connectivity index (χ1) is 35.0. The minimum Gasteiger partial charge on any atom is -0.478 e. The summed E-state index contributed by atoms with van der Waals surface area (Å²) in [5.41, 5.74) is 7.72. The number of aromatic carboxylic acids is 1. The number of hydrogen-bond donors (Lipinski definition) is 1. The number of anilines is 2. The maximum atomic E-state index is 12.1. The summed E-state index contributed by atoms with van der Waals surface area (Å²) in [6.07, 6.45) is 4.49. The molecule has 4 aliphatic rings. The monoisotopic (exact) mass is 1080 g/mol. The van der Waals surface area contributed by atoms with Crippen molar-refractivity contribution in [2.75, 3.05) is 68.8 Å². The SMILES string of the molecule is CCOC(=O)c1ccc2nc(N3CCN(Cc4c(-c5c(Cl)cccc5Cl)noc4C4CC4)CC3)sc2c1.O=C(O)c1ccc2nc(N3CCN(Cc4c(-c5c(Cl)cccc5Cl)noc4C4CC4)CC3)sc2c1. The molecule has 372 valence electrons. The number of fused-ring (bicyclic) bond motifs is 2. The first kappa shape index (κ1) is 48.9. The fourth-order valence-electron chi connectivity index (χ4n) is 9.33. The van der Waals surface area contributed by atoms with E-state index < -0.39 is 5.97 Å². The minimum absolute atomic E-state index is 0.284. The zero-order valence-corrected chi connectivity index (χ0v) is 43.7. The van der Waals surface area contributed by atoms with Gasteiger partial charge in [-0.05, 0) is 93.3 Å². The minimum atomic E-state index is -0.924. The van der Waals surface area contributed by atoms with E-state index in [4.69, 9.17) is 70.2 Å². The summed E-state index contributed by atoms with van der Waals surface area (Å²) >= 11 is 29.2. The Hall–Kier alpha value is -5.30. The topological polar surface area (TPSA) is 154 Å². The molecular formula is C52H48Cl4N8O6S2. The molecule has 72 heavy (non-hydrogen) atoms. The predicted octanol–water partition coefficient (Wildman–Crippen LogP) is 12.8. The first-order valence-electron chi connectivity index (χ1n) is 24.0. The quantitative estimate of drug-likeness (QED) is 0.109. The highest BCUT2D eigenvalue weighted by atomic mass is 35.5. The van der Waals surface area contributed by atoms with Crippen molar-refractivity contribution in [2.24, 2.45) is 0 Å². The van der Waals surface area contributed by atoms with E-state index in [0.717, 1.165) is 167 Å². The number of thiazole rings is 2. The van der Waals surface area contributed by atoms with Crippen LogP contribution in [-0.4, -0.2) is 106 Å². The summed E-state index contributed by atoms with van der Waals surface area (Å²) in [6, 6.07) is 21.6. The van der Waals surface area contributed by atoms with Gasteiger partial charge >= 0.3 is 11.9 Å². The van der Waals surface area contributed by atoms with Gasteiger partial charge in [-0.25, -0.2) is 19.6 Å². The van der Waals surface area contributed by atoms with Crippen LogP contribution in [-0.2, 0) is 17.8 Å². The number of ether oxygens (including phenoxy) is 1. The highest BCUT2D eigenvalue weighted by Gasteiger charge is 2.36. The summed E-state index contributed by atoms with van der Waals surface area (Å²) in [5, 5.41) is 22.3.